The molecule has 0 saturated heterocycles. The molecule has 0 amide bonds. The van der Waals surface area contributed by atoms with E-state index >= 15 is 0 Å². The van der Waals surface area contributed by atoms with E-state index in [1.807, 2.05) is 41.0 Å². The van der Waals surface area contributed by atoms with Crippen LogP contribution in [0.2, 0.25) is 0 Å². The number of para-hydroxylation sites is 1. The van der Waals surface area contributed by atoms with Crippen LogP contribution in [-0.4, -0.2) is 14.5 Å². The number of rotatable bonds is 4. The van der Waals surface area contributed by atoms with Gasteiger partial charge in [-0.3, -0.25) is 9.36 Å². The van der Waals surface area contributed by atoms with Gasteiger partial charge in [-0.05, 0) is 55.2 Å². The lowest BCUT2D eigenvalue weighted by atomic mass is 9.89. The number of anilines is 2. The highest BCUT2D eigenvalue weighted by Crippen LogP contribution is 2.48. The topological polar surface area (TPSA) is 59.8 Å². The molecule has 2 fully saturated rings. The van der Waals surface area contributed by atoms with E-state index < -0.39 is 0 Å². The van der Waals surface area contributed by atoms with Crippen molar-refractivity contribution in [1.29, 1.82) is 0 Å². The third-order valence-corrected chi connectivity index (χ3v) is 6.05. The second-order valence-electron chi connectivity index (χ2n) is 7.68. The van der Waals surface area contributed by atoms with Gasteiger partial charge in [0, 0.05) is 29.9 Å². The minimum atomic E-state index is 0.0321. The maximum absolute atomic E-state index is 12.6. The molecule has 2 aliphatic rings. The van der Waals surface area contributed by atoms with E-state index in [0.717, 1.165) is 35.1 Å². The average molecular weight is 346 g/mol. The highest BCUT2D eigenvalue weighted by Gasteiger charge is 2.39. The van der Waals surface area contributed by atoms with Crippen LogP contribution in [0.15, 0.2) is 53.5 Å². The summed E-state index contributed by atoms with van der Waals surface area (Å²) in [6.45, 7) is 0.777. The van der Waals surface area contributed by atoms with E-state index in [4.69, 9.17) is 0 Å². The molecule has 5 rings (SSSR count). The largest absolute Gasteiger partial charge is 0.324 e. The van der Waals surface area contributed by atoms with Gasteiger partial charge in [0.05, 0.1) is 0 Å². The fourth-order valence-corrected chi connectivity index (χ4v) is 4.79. The molecule has 132 valence electrons. The van der Waals surface area contributed by atoms with Gasteiger partial charge in [-0.2, -0.15) is 4.98 Å². The van der Waals surface area contributed by atoms with Crippen molar-refractivity contribution in [3.8, 4) is 0 Å². The molecule has 5 nitrogen and oxygen atoms in total. The molecule has 2 aliphatic carbocycles. The first-order valence-corrected chi connectivity index (χ1v) is 9.45. The summed E-state index contributed by atoms with van der Waals surface area (Å²) in [7, 11) is 0. The first-order chi connectivity index (χ1) is 12.8. The molecular formula is C21H22N4O. The summed E-state index contributed by atoms with van der Waals surface area (Å²) in [5, 5.41) is 4.13. The van der Waals surface area contributed by atoms with Crippen molar-refractivity contribution in [2.24, 2.45) is 17.8 Å². The van der Waals surface area contributed by atoms with E-state index in [-0.39, 0.29) is 5.56 Å². The van der Waals surface area contributed by atoms with Crippen LogP contribution in [0.5, 0.6) is 0 Å². The molecule has 3 atom stereocenters. The molecule has 0 radical (unpaired) electrons. The molecule has 2 aromatic heterocycles. The van der Waals surface area contributed by atoms with E-state index in [0.29, 0.717) is 11.9 Å². The lowest BCUT2D eigenvalue weighted by molar-refractivity contribution is 0.295. The van der Waals surface area contributed by atoms with Gasteiger partial charge in [0.2, 0.25) is 5.95 Å². The molecule has 2 saturated carbocycles. The van der Waals surface area contributed by atoms with Crippen molar-refractivity contribution in [3.63, 3.8) is 0 Å². The van der Waals surface area contributed by atoms with Crippen molar-refractivity contribution in [2.45, 2.75) is 32.2 Å². The van der Waals surface area contributed by atoms with E-state index in [2.05, 4.69) is 15.3 Å². The van der Waals surface area contributed by atoms with Crippen LogP contribution in [0.4, 0.5) is 11.6 Å². The fraction of sp³-hybridized carbons (Fsp3) is 0.381. The minimum absolute atomic E-state index is 0.0321. The highest BCUT2D eigenvalue weighted by atomic mass is 16.1. The van der Waals surface area contributed by atoms with Crippen LogP contribution < -0.4 is 10.9 Å². The molecule has 5 heteroatoms. The van der Waals surface area contributed by atoms with Gasteiger partial charge < -0.3 is 5.32 Å². The smallest absolute Gasteiger partial charge is 0.252 e. The lowest BCUT2D eigenvalue weighted by Crippen LogP contribution is -2.27. The van der Waals surface area contributed by atoms with Gasteiger partial charge >= 0.3 is 0 Å². The predicted molar refractivity (Wildman–Crippen MR) is 102 cm³/mol. The van der Waals surface area contributed by atoms with Gasteiger partial charge in [-0.15, -0.1) is 0 Å². The van der Waals surface area contributed by atoms with Crippen LogP contribution in [-0.2, 0) is 6.54 Å². The van der Waals surface area contributed by atoms with Crippen molar-refractivity contribution >= 4 is 22.7 Å². The zero-order valence-corrected chi connectivity index (χ0v) is 14.6. The quantitative estimate of drug-likeness (QED) is 0.776. The predicted octanol–water partition coefficient (Wildman–Crippen LogP) is 3.97. The van der Waals surface area contributed by atoms with Crippen molar-refractivity contribution in [1.82, 2.24) is 14.5 Å². The zero-order valence-electron chi connectivity index (χ0n) is 14.6. The van der Waals surface area contributed by atoms with Gasteiger partial charge in [0.1, 0.15) is 5.65 Å². The van der Waals surface area contributed by atoms with Gasteiger partial charge in [0.15, 0.2) is 0 Å². The Morgan fingerprint density at radius 2 is 1.96 bits per heavy atom. The Labute approximate surface area is 152 Å². The normalized spacial score (nSPS) is 24.2. The van der Waals surface area contributed by atoms with Crippen LogP contribution in [0.3, 0.4) is 0 Å². The molecule has 0 spiro atoms. The Balaban J connectivity index is 1.50. The summed E-state index contributed by atoms with van der Waals surface area (Å²) >= 11 is 0. The number of hydrogen-bond acceptors (Lipinski definition) is 4. The van der Waals surface area contributed by atoms with Gasteiger partial charge in [-0.1, -0.05) is 24.6 Å². The van der Waals surface area contributed by atoms with Crippen molar-refractivity contribution < 1.29 is 0 Å². The third-order valence-electron chi connectivity index (χ3n) is 6.05. The molecule has 0 aliphatic heterocycles. The fourth-order valence-electron chi connectivity index (χ4n) is 4.79. The lowest BCUT2D eigenvalue weighted by Gasteiger charge is -2.23. The van der Waals surface area contributed by atoms with Crippen LogP contribution in [0.1, 0.15) is 25.7 Å². The summed E-state index contributed by atoms with van der Waals surface area (Å²) in [5.74, 6) is 2.79. The SMILES string of the molecule is O=c1ccc2cnc(Nc3ccccc3)nc2n1CC1CC2CCC1C2. The highest BCUT2D eigenvalue weighted by molar-refractivity contribution is 5.75. The number of pyridine rings is 1. The molecule has 1 N–H and O–H groups in total. The Morgan fingerprint density at radius 1 is 1.08 bits per heavy atom. The Morgan fingerprint density at radius 3 is 2.73 bits per heavy atom. The average Bonchev–Trinajstić information content (AvgIpc) is 3.28. The number of nitrogens with one attached hydrogen (secondary N) is 1. The second kappa shape index (κ2) is 6.24. The maximum Gasteiger partial charge on any atom is 0.252 e. The number of fused-ring (bicyclic) bond motifs is 3. The molecule has 26 heavy (non-hydrogen) atoms. The monoisotopic (exact) mass is 346 g/mol. The first-order valence-electron chi connectivity index (χ1n) is 9.45. The Bertz CT molecular complexity index is 998. The Hall–Kier alpha value is -2.69. The number of hydrogen-bond donors (Lipinski definition) is 1. The van der Waals surface area contributed by atoms with Gasteiger partial charge in [0.25, 0.3) is 5.56 Å². The summed E-state index contributed by atoms with van der Waals surface area (Å²) in [6, 6.07) is 13.3. The number of aromatic nitrogens is 3. The van der Waals surface area contributed by atoms with Crippen LogP contribution >= 0.6 is 0 Å². The maximum atomic E-state index is 12.6. The summed E-state index contributed by atoms with van der Waals surface area (Å²) < 4.78 is 1.86. The van der Waals surface area contributed by atoms with Crippen LogP contribution in [0.25, 0.3) is 11.0 Å². The zero-order chi connectivity index (χ0) is 17.5. The molecule has 3 aromatic rings. The summed E-state index contributed by atoms with van der Waals surface area (Å²) in [4.78, 5) is 21.7. The molecule has 2 heterocycles. The van der Waals surface area contributed by atoms with E-state index in [1.165, 1.54) is 25.7 Å². The third kappa shape index (κ3) is 2.77. The van der Waals surface area contributed by atoms with E-state index in [9.17, 15) is 4.79 Å². The summed E-state index contributed by atoms with van der Waals surface area (Å²) in [5.41, 5.74) is 1.70. The standard InChI is InChI=1S/C21H22N4O/c26-19-9-8-16-12-22-21(23-18-4-2-1-3-5-18)24-20(16)25(19)13-17-11-14-6-7-15(17)10-14/h1-5,8-9,12,14-15,17H,6-7,10-11,13H2,(H,22,23,24). The number of benzene rings is 1. The summed E-state index contributed by atoms with van der Waals surface area (Å²) in [6.07, 6.45) is 7.10. The van der Waals surface area contributed by atoms with Crippen LogP contribution in [0, 0.1) is 17.8 Å². The minimum Gasteiger partial charge on any atom is -0.324 e. The molecule has 2 bridgehead atoms. The first kappa shape index (κ1) is 15.6. The van der Waals surface area contributed by atoms with Crippen molar-refractivity contribution in [2.75, 3.05) is 5.32 Å². The van der Waals surface area contributed by atoms with Crippen molar-refractivity contribution in [3.05, 3.63) is 59.0 Å². The number of nitrogens with zero attached hydrogens (tertiary/aromatic N) is 3. The Kier molecular flexibility index (Phi) is 3.73. The van der Waals surface area contributed by atoms with E-state index in [1.54, 1.807) is 12.3 Å². The molecule has 1 aromatic carbocycles. The second-order valence-corrected chi connectivity index (χ2v) is 7.68. The molecule has 3 unspecified atom stereocenters. The molecular weight excluding hydrogens is 324 g/mol. The van der Waals surface area contributed by atoms with Gasteiger partial charge in [-0.25, -0.2) is 4.98 Å².